The van der Waals surface area contributed by atoms with Crippen LogP contribution in [0.2, 0.25) is 0 Å². The number of fused-ring (bicyclic) bond motifs is 2. The van der Waals surface area contributed by atoms with Gasteiger partial charge in [0.2, 0.25) is 0 Å². The van der Waals surface area contributed by atoms with Gasteiger partial charge in [-0.3, -0.25) is 4.79 Å². The molecule has 0 radical (unpaired) electrons. The molecule has 0 saturated heterocycles. The lowest BCUT2D eigenvalue weighted by Crippen LogP contribution is -2.42. The second-order valence-electron chi connectivity index (χ2n) is 7.58. The van der Waals surface area contributed by atoms with E-state index in [1.807, 2.05) is 48.5 Å². The van der Waals surface area contributed by atoms with Gasteiger partial charge in [-0.15, -0.1) is 0 Å². The summed E-state index contributed by atoms with van der Waals surface area (Å²) >= 11 is 0. The molecule has 0 heterocycles. The Hall–Kier alpha value is -2.88. The monoisotopic (exact) mass is 375 g/mol. The molecule has 3 aromatic carbocycles. The quantitative estimate of drug-likeness (QED) is 0.516. The Morgan fingerprint density at radius 3 is 2.11 bits per heavy atom. The van der Waals surface area contributed by atoms with Crippen molar-refractivity contribution in [1.82, 2.24) is 5.32 Å². The summed E-state index contributed by atoms with van der Waals surface area (Å²) in [6.45, 7) is 1.64. The first-order chi connectivity index (χ1) is 13.6. The zero-order valence-electron chi connectivity index (χ0n) is 16.1. The normalized spacial score (nSPS) is 16.0. The van der Waals surface area contributed by atoms with E-state index in [4.69, 9.17) is 4.74 Å². The van der Waals surface area contributed by atoms with Gasteiger partial charge in [0.1, 0.15) is 0 Å². The Morgan fingerprint density at radius 2 is 1.50 bits per heavy atom. The first-order valence-electron chi connectivity index (χ1n) is 10.1. The van der Waals surface area contributed by atoms with Crippen LogP contribution in [0.4, 0.5) is 0 Å². The van der Waals surface area contributed by atoms with E-state index in [-0.39, 0.29) is 11.9 Å². The van der Waals surface area contributed by atoms with Crippen molar-refractivity contribution in [3.63, 3.8) is 0 Å². The van der Waals surface area contributed by atoms with Crippen molar-refractivity contribution in [2.45, 2.75) is 51.2 Å². The highest BCUT2D eigenvalue weighted by atomic mass is 16.5. The highest BCUT2D eigenvalue weighted by Gasteiger charge is 2.24. The topological polar surface area (TPSA) is 55.4 Å². The molecule has 144 valence electrons. The van der Waals surface area contributed by atoms with E-state index in [1.54, 1.807) is 6.92 Å². The predicted molar refractivity (Wildman–Crippen MR) is 111 cm³/mol. The van der Waals surface area contributed by atoms with Gasteiger partial charge in [0.05, 0.1) is 5.56 Å². The van der Waals surface area contributed by atoms with Gasteiger partial charge in [0, 0.05) is 6.04 Å². The summed E-state index contributed by atoms with van der Waals surface area (Å²) in [6, 6.07) is 17.8. The number of ether oxygens (including phenoxy) is 1. The molecule has 4 rings (SSSR count). The van der Waals surface area contributed by atoms with Gasteiger partial charge in [-0.1, -0.05) is 67.8 Å². The molecule has 1 N–H and O–H groups in total. The third kappa shape index (κ3) is 3.72. The molecule has 0 bridgehead atoms. The van der Waals surface area contributed by atoms with E-state index in [0.717, 1.165) is 47.2 Å². The third-order valence-electron chi connectivity index (χ3n) is 5.58. The summed E-state index contributed by atoms with van der Waals surface area (Å²) in [5.74, 6) is -0.677. The first-order valence-corrected chi connectivity index (χ1v) is 10.1. The summed E-state index contributed by atoms with van der Waals surface area (Å²) < 4.78 is 5.60. The fourth-order valence-electron chi connectivity index (χ4n) is 4.07. The van der Waals surface area contributed by atoms with Crippen molar-refractivity contribution < 1.29 is 14.3 Å². The van der Waals surface area contributed by atoms with Crippen molar-refractivity contribution in [2.24, 2.45) is 0 Å². The zero-order valence-corrected chi connectivity index (χ0v) is 16.1. The van der Waals surface area contributed by atoms with Crippen molar-refractivity contribution >= 4 is 33.4 Å². The lowest BCUT2D eigenvalue weighted by atomic mass is 9.95. The Bertz CT molecular complexity index is 967. The van der Waals surface area contributed by atoms with Gasteiger partial charge in [0.25, 0.3) is 5.91 Å². The van der Waals surface area contributed by atoms with Gasteiger partial charge >= 0.3 is 5.97 Å². The maximum atomic E-state index is 13.1. The minimum absolute atomic E-state index is 0.195. The van der Waals surface area contributed by atoms with Crippen LogP contribution in [0.3, 0.4) is 0 Å². The van der Waals surface area contributed by atoms with Crippen LogP contribution in [-0.2, 0) is 9.53 Å². The van der Waals surface area contributed by atoms with E-state index in [0.29, 0.717) is 5.56 Å². The summed E-state index contributed by atoms with van der Waals surface area (Å²) in [5.41, 5.74) is 0.519. The molecular formula is C24H25NO3. The van der Waals surface area contributed by atoms with Gasteiger partial charge in [-0.2, -0.15) is 0 Å². The van der Waals surface area contributed by atoms with Crippen molar-refractivity contribution in [3.8, 4) is 0 Å². The molecule has 1 amide bonds. The van der Waals surface area contributed by atoms with Crippen molar-refractivity contribution in [3.05, 3.63) is 60.2 Å². The van der Waals surface area contributed by atoms with E-state index >= 15 is 0 Å². The average molecular weight is 375 g/mol. The number of esters is 1. The van der Waals surface area contributed by atoms with Crippen LogP contribution in [0, 0.1) is 0 Å². The highest BCUT2D eigenvalue weighted by molar-refractivity contribution is 6.16. The van der Waals surface area contributed by atoms with Crippen LogP contribution in [0.15, 0.2) is 54.6 Å². The number of benzene rings is 3. The molecule has 0 spiro atoms. The molecule has 1 fully saturated rings. The highest BCUT2D eigenvalue weighted by Crippen LogP contribution is 2.29. The number of nitrogens with one attached hydrogen (secondary N) is 1. The SMILES string of the molecule is C[C@@H](OC(=O)c1c2ccccc2cc2ccccc12)C(=O)NC1CCCCC1. The van der Waals surface area contributed by atoms with Gasteiger partial charge in [0.15, 0.2) is 6.10 Å². The molecule has 1 aliphatic carbocycles. The number of hydrogen-bond acceptors (Lipinski definition) is 3. The maximum absolute atomic E-state index is 13.1. The molecule has 3 aromatic rings. The summed E-state index contributed by atoms with van der Waals surface area (Å²) in [4.78, 5) is 25.6. The minimum atomic E-state index is -0.827. The van der Waals surface area contributed by atoms with Crippen LogP contribution in [-0.4, -0.2) is 24.0 Å². The summed E-state index contributed by atoms with van der Waals surface area (Å²) in [7, 11) is 0. The van der Waals surface area contributed by atoms with Crippen LogP contribution in [0.1, 0.15) is 49.4 Å². The Labute approximate surface area is 164 Å². The average Bonchev–Trinajstić information content (AvgIpc) is 2.72. The van der Waals surface area contributed by atoms with Crippen LogP contribution < -0.4 is 5.32 Å². The standard InChI is InChI=1S/C24H25NO3/c1-16(23(26)25-19-11-3-2-4-12-19)28-24(27)22-20-13-7-5-9-17(20)15-18-10-6-8-14-21(18)22/h5-10,13-16,19H,2-4,11-12H2,1H3,(H,25,26)/t16-/m1/s1. The smallest absolute Gasteiger partial charge is 0.340 e. The molecule has 4 heteroatoms. The fraction of sp³-hybridized carbons (Fsp3) is 0.333. The number of carbonyl (C=O) groups excluding carboxylic acids is 2. The molecule has 0 aromatic heterocycles. The van der Waals surface area contributed by atoms with Crippen molar-refractivity contribution in [1.29, 1.82) is 0 Å². The van der Waals surface area contributed by atoms with Gasteiger partial charge in [-0.25, -0.2) is 4.79 Å². The number of carbonyl (C=O) groups is 2. The molecule has 0 aliphatic heterocycles. The number of hydrogen-bond donors (Lipinski definition) is 1. The molecule has 1 saturated carbocycles. The first kappa shape index (κ1) is 18.5. The van der Waals surface area contributed by atoms with Crippen LogP contribution >= 0.6 is 0 Å². The minimum Gasteiger partial charge on any atom is -0.449 e. The molecule has 1 atom stereocenters. The van der Waals surface area contributed by atoms with Crippen LogP contribution in [0.5, 0.6) is 0 Å². The van der Waals surface area contributed by atoms with E-state index < -0.39 is 12.1 Å². The van der Waals surface area contributed by atoms with Crippen LogP contribution in [0.25, 0.3) is 21.5 Å². The Kier molecular flexibility index (Phi) is 5.29. The van der Waals surface area contributed by atoms with E-state index in [2.05, 4.69) is 11.4 Å². The van der Waals surface area contributed by atoms with E-state index in [9.17, 15) is 9.59 Å². The lowest BCUT2D eigenvalue weighted by Gasteiger charge is -2.24. The second-order valence-corrected chi connectivity index (χ2v) is 7.58. The number of rotatable bonds is 4. The summed E-state index contributed by atoms with van der Waals surface area (Å²) in [5, 5.41) is 6.67. The molecule has 4 nitrogen and oxygen atoms in total. The Morgan fingerprint density at radius 1 is 0.929 bits per heavy atom. The third-order valence-corrected chi connectivity index (χ3v) is 5.58. The lowest BCUT2D eigenvalue weighted by molar-refractivity contribution is -0.130. The summed E-state index contributed by atoms with van der Waals surface area (Å²) in [6.07, 6.45) is 4.68. The van der Waals surface area contributed by atoms with E-state index in [1.165, 1.54) is 6.42 Å². The maximum Gasteiger partial charge on any atom is 0.340 e. The Balaban J connectivity index is 1.60. The molecular weight excluding hydrogens is 350 g/mol. The zero-order chi connectivity index (χ0) is 19.5. The molecule has 1 aliphatic rings. The number of amides is 1. The van der Waals surface area contributed by atoms with Gasteiger partial charge < -0.3 is 10.1 Å². The second kappa shape index (κ2) is 8.01. The van der Waals surface area contributed by atoms with Crippen molar-refractivity contribution in [2.75, 3.05) is 0 Å². The predicted octanol–water partition coefficient (Wildman–Crippen LogP) is 4.99. The largest absolute Gasteiger partial charge is 0.449 e. The fourth-order valence-corrected chi connectivity index (χ4v) is 4.07. The molecule has 28 heavy (non-hydrogen) atoms. The molecule has 0 unspecified atom stereocenters. The van der Waals surface area contributed by atoms with Gasteiger partial charge in [-0.05, 0) is 47.4 Å².